The topological polar surface area (TPSA) is 37.3 Å². The van der Waals surface area contributed by atoms with Gasteiger partial charge in [0.25, 0.3) is 0 Å². The monoisotopic (exact) mass is 223 g/mol. The number of rotatable bonds is 5. The Hall–Kier alpha value is -0.0105. The molecule has 79 valence electrons. The van der Waals surface area contributed by atoms with Crippen LogP contribution < -0.4 is 0 Å². The maximum absolute atomic E-state index is 10.4. The van der Waals surface area contributed by atoms with Crippen molar-refractivity contribution in [3.05, 3.63) is 0 Å². The van der Waals surface area contributed by atoms with Crippen LogP contribution in [0.1, 0.15) is 47.0 Å². The van der Waals surface area contributed by atoms with E-state index in [2.05, 4.69) is 6.92 Å². The molecule has 0 rings (SSSR count). The Bertz CT molecular complexity index is 105. The van der Waals surface area contributed by atoms with Crippen LogP contribution in [0.15, 0.2) is 0 Å². The molecule has 0 heterocycles. The molecule has 1 unspecified atom stereocenters. The van der Waals surface area contributed by atoms with Crippen molar-refractivity contribution in [2.75, 3.05) is 0 Å². The van der Waals surface area contributed by atoms with E-state index in [1.165, 1.54) is 0 Å². The van der Waals surface area contributed by atoms with Gasteiger partial charge in [-0.25, -0.2) is 0 Å². The molecule has 12 heavy (non-hydrogen) atoms. The maximum Gasteiger partial charge on any atom is 0.306 e. The van der Waals surface area contributed by atoms with Crippen molar-refractivity contribution in [2.24, 2.45) is 5.92 Å². The van der Waals surface area contributed by atoms with Gasteiger partial charge in [-0.05, 0) is 12.8 Å². The van der Waals surface area contributed by atoms with Crippen LogP contribution in [-0.4, -0.2) is 11.1 Å². The zero-order chi connectivity index (χ0) is 7.98. The quantitative estimate of drug-likeness (QED) is 0.728. The summed E-state index contributed by atoms with van der Waals surface area (Å²) in [5, 5.41) is 8.60. The van der Waals surface area contributed by atoms with Gasteiger partial charge in [-0.1, -0.05) is 34.1 Å². The third-order valence-electron chi connectivity index (χ3n) is 1.75. The summed E-state index contributed by atoms with van der Waals surface area (Å²) in [5.41, 5.74) is 0. The van der Waals surface area contributed by atoms with E-state index < -0.39 is 5.97 Å². The van der Waals surface area contributed by atoms with Crippen LogP contribution in [-0.2, 0) is 21.9 Å². The van der Waals surface area contributed by atoms with Crippen molar-refractivity contribution < 1.29 is 27.0 Å². The summed E-state index contributed by atoms with van der Waals surface area (Å²) in [4.78, 5) is 10.4. The molecule has 1 radical (unpaired) electrons. The predicted octanol–water partition coefficient (Wildman–Crippen LogP) is 2.92. The molecule has 0 aliphatic carbocycles. The first kappa shape index (κ1) is 17.9. The zero-order valence-corrected chi connectivity index (χ0v) is 8.00. The van der Waals surface area contributed by atoms with Crippen molar-refractivity contribution >= 4 is 5.97 Å². The van der Waals surface area contributed by atoms with Gasteiger partial charge < -0.3 is 5.11 Å². The van der Waals surface area contributed by atoms with Crippen molar-refractivity contribution in [1.82, 2.24) is 0 Å². The van der Waals surface area contributed by atoms with E-state index in [0.29, 0.717) is 0 Å². The minimum Gasteiger partial charge on any atom is -0.481 e. The van der Waals surface area contributed by atoms with Crippen molar-refractivity contribution in [1.29, 1.82) is 0 Å². The Balaban J connectivity index is -0.000000405. The van der Waals surface area contributed by atoms with E-state index >= 15 is 0 Å². The van der Waals surface area contributed by atoms with Gasteiger partial charge in [-0.3, -0.25) is 4.79 Å². The third kappa shape index (κ3) is 8.09. The number of carboxylic acid groups (broad SMARTS) is 1. The van der Waals surface area contributed by atoms with Gasteiger partial charge in [0.05, 0.1) is 5.92 Å². The SMILES string of the molecule is C.CCCCC(CC)C(=O)O.[Cu]. The van der Waals surface area contributed by atoms with Crippen LogP contribution in [0.4, 0.5) is 0 Å². The van der Waals surface area contributed by atoms with Gasteiger partial charge in [0.1, 0.15) is 0 Å². The summed E-state index contributed by atoms with van der Waals surface area (Å²) in [6.45, 7) is 4.00. The summed E-state index contributed by atoms with van der Waals surface area (Å²) in [7, 11) is 0. The minimum atomic E-state index is -0.643. The summed E-state index contributed by atoms with van der Waals surface area (Å²) < 4.78 is 0. The number of aliphatic carboxylic acids is 1. The van der Waals surface area contributed by atoms with Crippen LogP contribution in [0.3, 0.4) is 0 Å². The summed E-state index contributed by atoms with van der Waals surface area (Å²) in [5.74, 6) is -0.754. The normalized spacial score (nSPS) is 10.8. The van der Waals surface area contributed by atoms with E-state index in [9.17, 15) is 4.79 Å². The first-order chi connectivity index (χ1) is 4.72. The second-order valence-electron chi connectivity index (χ2n) is 2.59. The molecule has 0 bridgehead atoms. The molecule has 0 aromatic heterocycles. The van der Waals surface area contributed by atoms with Crippen molar-refractivity contribution in [3.8, 4) is 0 Å². The molecule has 0 amide bonds. The largest absolute Gasteiger partial charge is 0.481 e. The fraction of sp³-hybridized carbons (Fsp3) is 0.889. The van der Waals surface area contributed by atoms with Crippen molar-refractivity contribution in [2.45, 2.75) is 47.0 Å². The molecule has 0 saturated carbocycles. The van der Waals surface area contributed by atoms with E-state index in [4.69, 9.17) is 5.11 Å². The van der Waals surface area contributed by atoms with Gasteiger partial charge in [0.2, 0.25) is 0 Å². The van der Waals surface area contributed by atoms with Crippen molar-refractivity contribution in [3.63, 3.8) is 0 Å². The summed E-state index contributed by atoms with van der Waals surface area (Å²) in [6.07, 6.45) is 3.71. The molecule has 0 aliphatic rings. The van der Waals surface area contributed by atoms with Crippen LogP contribution in [0, 0.1) is 5.92 Å². The maximum atomic E-state index is 10.4. The van der Waals surface area contributed by atoms with Crippen LogP contribution in [0.25, 0.3) is 0 Å². The molecular formula is C9H20CuO2. The molecular weight excluding hydrogens is 204 g/mol. The zero-order valence-electron chi connectivity index (χ0n) is 7.06. The molecule has 1 atom stereocenters. The third-order valence-corrected chi connectivity index (χ3v) is 1.75. The number of hydrogen-bond donors (Lipinski definition) is 1. The predicted molar refractivity (Wildman–Crippen MR) is 47.7 cm³/mol. The Kier molecular flexibility index (Phi) is 16.4. The van der Waals surface area contributed by atoms with E-state index in [1.807, 2.05) is 6.92 Å². The molecule has 2 nitrogen and oxygen atoms in total. The Morgan fingerprint density at radius 2 is 1.92 bits per heavy atom. The molecule has 0 spiro atoms. The van der Waals surface area contributed by atoms with Crippen LogP contribution >= 0.6 is 0 Å². The average Bonchev–Trinajstić information content (AvgIpc) is 1.89. The smallest absolute Gasteiger partial charge is 0.306 e. The second-order valence-corrected chi connectivity index (χ2v) is 2.59. The number of carbonyl (C=O) groups is 1. The van der Waals surface area contributed by atoms with E-state index in [-0.39, 0.29) is 30.4 Å². The number of carboxylic acids is 1. The molecule has 1 N–H and O–H groups in total. The van der Waals surface area contributed by atoms with Gasteiger partial charge in [-0.2, -0.15) is 0 Å². The molecule has 0 aliphatic heterocycles. The van der Waals surface area contributed by atoms with Crippen LogP contribution in [0.5, 0.6) is 0 Å². The standard InChI is InChI=1S/C8H16O2.CH4.Cu/c1-3-5-6-7(4-2)8(9)10;;/h7H,3-6H2,1-2H3,(H,9,10);1H4;. The second kappa shape index (κ2) is 11.0. The fourth-order valence-electron chi connectivity index (χ4n) is 0.953. The van der Waals surface area contributed by atoms with Gasteiger partial charge in [0.15, 0.2) is 0 Å². The fourth-order valence-corrected chi connectivity index (χ4v) is 0.953. The molecule has 3 heteroatoms. The Labute approximate surface area is 86.2 Å². The Morgan fingerprint density at radius 1 is 1.42 bits per heavy atom. The summed E-state index contributed by atoms with van der Waals surface area (Å²) in [6, 6.07) is 0. The first-order valence-corrected chi connectivity index (χ1v) is 3.95. The molecule has 0 saturated heterocycles. The average molecular weight is 224 g/mol. The minimum absolute atomic E-state index is 0. The molecule has 0 aromatic rings. The molecule has 0 aromatic carbocycles. The summed E-state index contributed by atoms with van der Waals surface area (Å²) >= 11 is 0. The van der Waals surface area contributed by atoms with Gasteiger partial charge >= 0.3 is 5.97 Å². The number of unbranched alkanes of at least 4 members (excludes halogenated alkanes) is 1. The first-order valence-electron chi connectivity index (χ1n) is 3.95. The van der Waals surface area contributed by atoms with Gasteiger partial charge in [-0.15, -0.1) is 0 Å². The number of hydrogen-bond acceptors (Lipinski definition) is 1. The van der Waals surface area contributed by atoms with E-state index in [0.717, 1.165) is 25.7 Å². The van der Waals surface area contributed by atoms with Crippen LogP contribution in [0.2, 0.25) is 0 Å². The van der Waals surface area contributed by atoms with Gasteiger partial charge in [0, 0.05) is 17.1 Å². The van der Waals surface area contributed by atoms with E-state index in [1.54, 1.807) is 0 Å². The Morgan fingerprint density at radius 3 is 2.17 bits per heavy atom. The molecule has 0 fully saturated rings.